The number of hydrogen-bond donors (Lipinski definition) is 2. The van der Waals surface area contributed by atoms with Crippen molar-refractivity contribution in [3.63, 3.8) is 0 Å². The standard InChI is InChI=1S/C14H20N4O3S/c1-15-14(21)16-5-3-4-6-22-11-7-10(19)12-9(13(11)20)8-18(2)17-12/h7,9H,3-6,8H2,1-2H3,(H2,15,16,21). The van der Waals surface area contributed by atoms with Crippen LogP contribution < -0.4 is 10.6 Å². The summed E-state index contributed by atoms with van der Waals surface area (Å²) in [5, 5.41) is 10.9. The summed E-state index contributed by atoms with van der Waals surface area (Å²) in [5.74, 6) is 0.184. The van der Waals surface area contributed by atoms with Gasteiger partial charge >= 0.3 is 6.03 Å². The summed E-state index contributed by atoms with van der Waals surface area (Å²) in [5.41, 5.74) is 0.367. The third-order valence-electron chi connectivity index (χ3n) is 3.47. The fourth-order valence-corrected chi connectivity index (χ4v) is 3.36. The minimum absolute atomic E-state index is 0.00353. The van der Waals surface area contributed by atoms with Gasteiger partial charge in [0.1, 0.15) is 5.71 Å². The first-order chi connectivity index (χ1) is 10.5. The van der Waals surface area contributed by atoms with Gasteiger partial charge in [0.05, 0.1) is 17.4 Å². The molecule has 2 amide bonds. The van der Waals surface area contributed by atoms with Crippen molar-refractivity contribution in [3.8, 4) is 0 Å². The molecule has 2 rings (SSSR count). The Morgan fingerprint density at radius 3 is 2.95 bits per heavy atom. The van der Waals surface area contributed by atoms with E-state index in [1.54, 1.807) is 19.1 Å². The first-order valence-electron chi connectivity index (χ1n) is 7.21. The molecule has 0 aromatic carbocycles. The summed E-state index contributed by atoms with van der Waals surface area (Å²) in [6, 6.07) is -0.194. The first kappa shape index (κ1) is 16.5. The molecule has 0 bridgehead atoms. The predicted octanol–water partition coefficient (Wildman–Crippen LogP) is 0.382. The van der Waals surface area contributed by atoms with Gasteiger partial charge in [0, 0.05) is 26.7 Å². The number of ketones is 2. The van der Waals surface area contributed by atoms with Crippen molar-refractivity contribution in [2.24, 2.45) is 11.0 Å². The lowest BCUT2D eigenvalue weighted by molar-refractivity contribution is -0.118. The van der Waals surface area contributed by atoms with Gasteiger partial charge in [-0.1, -0.05) is 0 Å². The molecule has 1 aliphatic heterocycles. The molecule has 120 valence electrons. The summed E-state index contributed by atoms with van der Waals surface area (Å²) in [4.78, 5) is 35.8. The molecule has 0 spiro atoms. The number of nitrogens with one attached hydrogen (secondary N) is 2. The second-order valence-corrected chi connectivity index (χ2v) is 6.31. The number of carbonyl (C=O) groups excluding carboxylic acids is 3. The minimum atomic E-state index is -0.403. The van der Waals surface area contributed by atoms with E-state index in [0.29, 0.717) is 23.7 Å². The summed E-state index contributed by atoms with van der Waals surface area (Å²) in [7, 11) is 3.33. The number of thioether (sulfide) groups is 1. The van der Waals surface area contributed by atoms with Crippen molar-refractivity contribution >= 4 is 35.1 Å². The van der Waals surface area contributed by atoms with Crippen molar-refractivity contribution in [1.82, 2.24) is 15.6 Å². The van der Waals surface area contributed by atoms with Crippen LogP contribution in [0.5, 0.6) is 0 Å². The number of fused-ring (bicyclic) bond motifs is 1. The monoisotopic (exact) mass is 324 g/mol. The molecule has 8 heteroatoms. The number of amides is 2. The van der Waals surface area contributed by atoms with Gasteiger partial charge < -0.3 is 10.6 Å². The fraction of sp³-hybridized carbons (Fsp3) is 0.571. The lowest BCUT2D eigenvalue weighted by Gasteiger charge is -2.17. The fourth-order valence-electron chi connectivity index (χ4n) is 2.32. The van der Waals surface area contributed by atoms with Crippen molar-refractivity contribution in [2.75, 3.05) is 32.9 Å². The van der Waals surface area contributed by atoms with Gasteiger partial charge in [-0.15, -0.1) is 11.8 Å². The Balaban J connectivity index is 1.76. The molecule has 0 aromatic rings. The van der Waals surface area contributed by atoms with Gasteiger partial charge in [0.2, 0.25) is 5.78 Å². The number of allylic oxidation sites excluding steroid dienone is 2. The van der Waals surface area contributed by atoms with Crippen molar-refractivity contribution in [1.29, 1.82) is 0 Å². The van der Waals surface area contributed by atoms with E-state index in [2.05, 4.69) is 15.7 Å². The lowest BCUT2D eigenvalue weighted by Crippen LogP contribution is -2.34. The Labute approximate surface area is 133 Å². The molecular weight excluding hydrogens is 304 g/mol. The summed E-state index contributed by atoms with van der Waals surface area (Å²) in [6.45, 7) is 1.07. The largest absolute Gasteiger partial charge is 0.341 e. The molecule has 0 saturated heterocycles. The van der Waals surface area contributed by atoms with Crippen LogP contribution in [-0.4, -0.2) is 61.3 Å². The first-order valence-corrected chi connectivity index (χ1v) is 8.19. The van der Waals surface area contributed by atoms with E-state index in [0.717, 1.165) is 18.6 Å². The number of rotatable bonds is 6. The predicted molar refractivity (Wildman–Crippen MR) is 85.8 cm³/mol. The number of hydrazone groups is 1. The second kappa shape index (κ2) is 7.44. The van der Waals surface area contributed by atoms with E-state index in [-0.39, 0.29) is 17.6 Å². The Kier molecular flexibility index (Phi) is 5.59. The molecule has 7 nitrogen and oxygen atoms in total. The summed E-state index contributed by atoms with van der Waals surface area (Å²) >= 11 is 1.41. The zero-order chi connectivity index (χ0) is 16.1. The van der Waals surface area contributed by atoms with Gasteiger partial charge in [-0.3, -0.25) is 14.6 Å². The van der Waals surface area contributed by atoms with E-state index < -0.39 is 5.92 Å². The van der Waals surface area contributed by atoms with Crippen LogP contribution >= 0.6 is 11.8 Å². The van der Waals surface area contributed by atoms with Crippen LogP contribution in [0.4, 0.5) is 4.79 Å². The van der Waals surface area contributed by atoms with Gasteiger partial charge in [0.25, 0.3) is 0 Å². The number of nitrogens with zero attached hydrogens (tertiary/aromatic N) is 2. The highest BCUT2D eigenvalue weighted by Gasteiger charge is 2.39. The van der Waals surface area contributed by atoms with Crippen LogP contribution in [0, 0.1) is 5.92 Å². The molecule has 0 saturated carbocycles. The zero-order valence-electron chi connectivity index (χ0n) is 12.7. The SMILES string of the molecule is CNC(=O)NCCCCSC1=CC(=O)C2=NN(C)CC2C1=O. The number of urea groups is 1. The molecule has 2 aliphatic rings. The van der Waals surface area contributed by atoms with Gasteiger partial charge in [0.15, 0.2) is 5.78 Å². The number of carbonyl (C=O) groups is 3. The Morgan fingerprint density at radius 2 is 2.23 bits per heavy atom. The van der Waals surface area contributed by atoms with Crippen LogP contribution in [0.2, 0.25) is 0 Å². The normalized spacial score (nSPS) is 20.5. The number of hydrogen-bond acceptors (Lipinski definition) is 6. The third kappa shape index (κ3) is 3.88. The van der Waals surface area contributed by atoms with Crippen LogP contribution in [-0.2, 0) is 9.59 Å². The number of unbranched alkanes of at least 4 members (excludes halogenated alkanes) is 1. The maximum atomic E-state index is 12.3. The molecule has 1 heterocycles. The van der Waals surface area contributed by atoms with E-state index in [1.165, 1.54) is 17.8 Å². The zero-order valence-corrected chi connectivity index (χ0v) is 13.5. The molecule has 2 N–H and O–H groups in total. The average Bonchev–Trinajstić information content (AvgIpc) is 2.89. The molecule has 0 radical (unpaired) electrons. The van der Waals surface area contributed by atoms with Gasteiger partial charge in [-0.25, -0.2) is 4.79 Å². The van der Waals surface area contributed by atoms with E-state index in [9.17, 15) is 14.4 Å². The molecular formula is C14H20N4O3S. The quantitative estimate of drug-likeness (QED) is 0.690. The van der Waals surface area contributed by atoms with E-state index in [4.69, 9.17) is 0 Å². The van der Waals surface area contributed by atoms with Crippen molar-refractivity contribution < 1.29 is 14.4 Å². The van der Waals surface area contributed by atoms with Crippen LogP contribution in [0.1, 0.15) is 12.8 Å². The molecule has 1 atom stereocenters. The molecule has 1 aliphatic carbocycles. The van der Waals surface area contributed by atoms with Crippen molar-refractivity contribution in [3.05, 3.63) is 11.0 Å². The molecule has 0 aromatic heterocycles. The summed E-state index contributed by atoms with van der Waals surface area (Å²) < 4.78 is 0. The molecule has 1 unspecified atom stereocenters. The Bertz CT molecular complexity index is 544. The average molecular weight is 324 g/mol. The van der Waals surface area contributed by atoms with Crippen LogP contribution in [0.15, 0.2) is 16.1 Å². The summed E-state index contributed by atoms with van der Waals surface area (Å²) in [6.07, 6.45) is 3.10. The highest BCUT2D eigenvalue weighted by atomic mass is 32.2. The van der Waals surface area contributed by atoms with Crippen LogP contribution in [0.25, 0.3) is 0 Å². The maximum Gasteiger partial charge on any atom is 0.314 e. The molecule has 22 heavy (non-hydrogen) atoms. The van der Waals surface area contributed by atoms with E-state index in [1.807, 2.05) is 0 Å². The molecule has 0 fully saturated rings. The lowest BCUT2D eigenvalue weighted by atomic mass is 9.91. The smallest absolute Gasteiger partial charge is 0.314 e. The van der Waals surface area contributed by atoms with E-state index >= 15 is 0 Å². The Morgan fingerprint density at radius 1 is 1.45 bits per heavy atom. The maximum absolute atomic E-state index is 12.3. The van der Waals surface area contributed by atoms with Crippen LogP contribution in [0.3, 0.4) is 0 Å². The van der Waals surface area contributed by atoms with Gasteiger partial charge in [-0.2, -0.15) is 5.10 Å². The Hall–Kier alpha value is -1.83. The van der Waals surface area contributed by atoms with Crippen molar-refractivity contribution in [2.45, 2.75) is 12.8 Å². The highest BCUT2D eigenvalue weighted by molar-refractivity contribution is 8.04. The third-order valence-corrected chi connectivity index (χ3v) is 4.59. The highest BCUT2D eigenvalue weighted by Crippen LogP contribution is 2.29. The van der Waals surface area contributed by atoms with Gasteiger partial charge in [-0.05, 0) is 18.6 Å². The topological polar surface area (TPSA) is 90.9 Å². The second-order valence-electron chi connectivity index (χ2n) is 5.18. The minimum Gasteiger partial charge on any atom is -0.341 e. The number of Topliss-reactive ketones (excluding diaryl/α,β-unsaturated/α-hetero) is 1.